The van der Waals surface area contributed by atoms with Crippen molar-refractivity contribution in [3.05, 3.63) is 57.7 Å². The predicted octanol–water partition coefficient (Wildman–Crippen LogP) is 5.80. The first-order chi connectivity index (χ1) is 15.1. The smallest absolute Gasteiger partial charge is 0.341 e. The molecule has 162 valence electrons. The van der Waals surface area contributed by atoms with Gasteiger partial charge in [-0.05, 0) is 45.1 Å². The Bertz CT molecular complexity index is 1080. The molecule has 2 aromatic heterocycles. The first-order valence-electron chi connectivity index (χ1n) is 10.7. The summed E-state index contributed by atoms with van der Waals surface area (Å²) in [6, 6.07) is 9.45. The van der Waals surface area contributed by atoms with Crippen molar-refractivity contribution in [2.24, 2.45) is 0 Å². The zero-order chi connectivity index (χ0) is 21.8. The summed E-state index contributed by atoms with van der Waals surface area (Å²) >= 11 is 1.49. The number of anilines is 1. The highest BCUT2D eigenvalue weighted by Crippen LogP contribution is 2.38. The molecular formula is C24H26N2O4S. The number of aromatic nitrogens is 1. The largest absolute Gasteiger partial charge is 0.462 e. The van der Waals surface area contributed by atoms with E-state index in [0.29, 0.717) is 34.2 Å². The summed E-state index contributed by atoms with van der Waals surface area (Å²) in [7, 11) is 0. The molecule has 0 bridgehead atoms. The van der Waals surface area contributed by atoms with Gasteiger partial charge in [0.15, 0.2) is 0 Å². The molecule has 3 aromatic rings. The van der Waals surface area contributed by atoms with Gasteiger partial charge in [-0.15, -0.1) is 11.3 Å². The van der Waals surface area contributed by atoms with E-state index < -0.39 is 0 Å². The highest BCUT2D eigenvalue weighted by Gasteiger charge is 2.28. The first kappa shape index (κ1) is 21.3. The minimum atomic E-state index is -0.374. The number of esters is 1. The summed E-state index contributed by atoms with van der Waals surface area (Å²) in [5.41, 5.74) is 3.20. The number of ether oxygens (including phenoxy) is 1. The number of carbonyl (C=O) groups is 2. The summed E-state index contributed by atoms with van der Waals surface area (Å²) in [6.07, 6.45) is 6.22. The standard InChI is InChI=1S/C24H26N2O4S/c1-3-29-24(28)20-17-13-9-4-5-10-14-18(17)31-23(20)25-22(27)19-15(2)30-26-21(19)16-11-7-6-8-12-16/h6-8,11-12H,3-5,9-10,13-14H2,1-2H3,(H,25,27). The number of benzene rings is 1. The quantitative estimate of drug-likeness (QED) is 0.509. The lowest BCUT2D eigenvalue weighted by molar-refractivity contribution is 0.0526. The molecular weight excluding hydrogens is 412 g/mol. The van der Waals surface area contributed by atoms with Crippen LogP contribution in [0.5, 0.6) is 0 Å². The van der Waals surface area contributed by atoms with E-state index in [4.69, 9.17) is 9.26 Å². The van der Waals surface area contributed by atoms with E-state index in [-0.39, 0.29) is 11.9 Å². The molecule has 1 aliphatic carbocycles. The molecule has 0 unspecified atom stereocenters. The lowest BCUT2D eigenvalue weighted by Gasteiger charge is -2.11. The number of hydrogen-bond donors (Lipinski definition) is 1. The first-order valence-corrected chi connectivity index (χ1v) is 11.6. The lowest BCUT2D eigenvalue weighted by atomic mass is 9.96. The fourth-order valence-corrected chi connectivity index (χ4v) is 5.30. The fraction of sp³-hybridized carbons (Fsp3) is 0.375. The Hall–Kier alpha value is -2.93. The van der Waals surface area contributed by atoms with Crippen molar-refractivity contribution in [1.82, 2.24) is 5.16 Å². The van der Waals surface area contributed by atoms with E-state index in [1.807, 2.05) is 30.3 Å². The summed E-state index contributed by atoms with van der Waals surface area (Å²) in [4.78, 5) is 27.3. The Labute approximate surface area is 185 Å². The number of hydrogen-bond acceptors (Lipinski definition) is 6. The van der Waals surface area contributed by atoms with Crippen LogP contribution < -0.4 is 5.32 Å². The molecule has 0 saturated carbocycles. The summed E-state index contributed by atoms with van der Waals surface area (Å²) in [5.74, 6) is -0.275. The van der Waals surface area contributed by atoms with Crippen LogP contribution in [0.4, 0.5) is 5.00 Å². The van der Waals surface area contributed by atoms with Crippen molar-refractivity contribution in [2.45, 2.75) is 52.4 Å². The third kappa shape index (κ3) is 4.42. The molecule has 1 N–H and O–H groups in total. The number of rotatable bonds is 5. The number of amides is 1. The second-order valence-corrected chi connectivity index (χ2v) is 8.73. The second kappa shape index (κ2) is 9.47. The third-order valence-electron chi connectivity index (χ3n) is 5.51. The molecule has 2 heterocycles. The van der Waals surface area contributed by atoms with Gasteiger partial charge in [0, 0.05) is 10.4 Å². The van der Waals surface area contributed by atoms with Crippen molar-refractivity contribution in [3.63, 3.8) is 0 Å². The topological polar surface area (TPSA) is 81.4 Å². The Morgan fingerprint density at radius 3 is 2.58 bits per heavy atom. The molecule has 6 nitrogen and oxygen atoms in total. The predicted molar refractivity (Wildman–Crippen MR) is 121 cm³/mol. The molecule has 1 amide bonds. The van der Waals surface area contributed by atoms with Gasteiger partial charge >= 0.3 is 5.97 Å². The van der Waals surface area contributed by atoms with Crippen LogP contribution in [0, 0.1) is 6.92 Å². The molecule has 31 heavy (non-hydrogen) atoms. The zero-order valence-corrected chi connectivity index (χ0v) is 18.6. The van der Waals surface area contributed by atoms with Crippen LogP contribution in [0.3, 0.4) is 0 Å². The van der Waals surface area contributed by atoms with Gasteiger partial charge in [0.05, 0.1) is 12.2 Å². The van der Waals surface area contributed by atoms with E-state index in [1.54, 1.807) is 13.8 Å². The maximum atomic E-state index is 13.3. The highest BCUT2D eigenvalue weighted by atomic mass is 32.1. The van der Waals surface area contributed by atoms with Crippen LogP contribution in [0.25, 0.3) is 11.3 Å². The number of carbonyl (C=O) groups excluding carboxylic acids is 2. The Morgan fingerprint density at radius 2 is 1.84 bits per heavy atom. The normalized spacial score (nSPS) is 13.7. The van der Waals surface area contributed by atoms with Gasteiger partial charge in [0.25, 0.3) is 5.91 Å². The lowest BCUT2D eigenvalue weighted by Crippen LogP contribution is -2.16. The molecule has 0 atom stereocenters. The minimum absolute atomic E-state index is 0.291. The number of aryl methyl sites for hydroxylation is 2. The number of thiophene rings is 1. The third-order valence-corrected chi connectivity index (χ3v) is 6.72. The van der Waals surface area contributed by atoms with E-state index >= 15 is 0 Å². The molecule has 4 rings (SSSR count). The monoisotopic (exact) mass is 438 g/mol. The van der Waals surface area contributed by atoms with Gasteiger partial charge in [-0.1, -0.05) is 48.3 Å². The molecule has 7 heteroatoms. The highest BCUT2D eigenvalue weighted by molar-refractivity contribution is 7.17. The number of nitrogens with zero attached hydrogens (tertiary/aromatic N) is 1. The fourth-order valence-electron chi connectivity index (χ4n) is 4.02. The molecule has 0 radical (unpaired) electrons. The Morgan fingerprint density at radius 1 is 1.10 bits per heavy atom. The maximum Gasteiger partial charge on any atom is 0.341 e. The maximum absolute atomic E-state index is 13.3. The Balaban J connectivity index is 1.71. The van der Waals surface area contributed by atoms with Crippen molar-refractivity contribution in [1.29, 1.82) is 0 Å². The summed E-state index contributed by atoms with van der Waals surface area (Å²) in [5, 5.41) is 7.63. The van der Waals surface area contributed by atoms with Crippen LogP contribution in [-0.4, -0.2) is 23.6 Å². The minimum Gasteiger partial charge on any atom is -0.462 e. The van der Waals surface area contributed by atoms with E-state index in [1.165, 1.54) is 22.6 Å². The van der Waals surface area contributed by atoms with Gasteiger partial charge in [-0.2, -0.15) is 0 Å². The summed E-state index contributed by atoms with van der Waals surface area (Å²) in [6.45, 7) is 3.80. The van der Waals surface area contributed by atoms with Crippen molar-refractivity contribution >= 4 is 28.2 Å². The molecule has 0 aliphatic heterocycles. The van der Waals surface area contributed by atoms with Gasteiger partial charge in [-0.25, -0.2) is 4.79 Å². The summed E-state index contributed by atoms with van der Waals surface area (Å²) < 4.78 is 10.7. The number of fused-ring (bicyclic) bond motifs is 1. The van der Waals surface area contributed by atoms with E-state index in [9.17, 15) is 9.59 Å². The molecule has 1 aliphatic rings. The average Bonchev–Trinajstić information content (AvgIpc) is 3.29. The van der Waals surface area contributed by atoms with Crippen LogP contribution in [0.2, 0.25) is 0 Å². The van der Waals surface area contributed by atoms with Gasteiger partial charge in [0.1, 0.15) is 22.0 Å². The van der Waals surface area contributed by atoms with Crippen molar-refractivity contribution in [2.75, 3.05) is 11.9 Å². The van der Waals surface area contributed by atoms with E-state index in [2.05, 4.69) is 10.5 Å². The Kier molecular flexibility index (Phi) is 6.51. The number of nitrogens with one attached hydrogen (secondary N) is 1. The zero-order valence-electron chi connectivity index (χ0n) is 17.8. The van der Waals surface area contributed by atoms with E-state index in [0.717, 1.165) is 43.2 Å². The van der Waals surface area contributed by atoms with Gasteiger partial charge in [0.2, 0.25) is 0 Å². The van der Waals surface area contributed by atoms with Crippen molar-refractivity contribution < 1.29 is 18.8 Å². The van der Waals surface area contributed by atoms with Crippen LogP contribution in [0.15, 0.2) is 34.9 Å². The van der Waals surface area contributed by atoms with Crippen LogP contribution in [-0.2, 0) is 17.6 Å². The van der Waals surface area contributed by atoms with Gasteiger partial charge in [-0.3, -0.25) is 4.79 Å². The molecule has 0 fully saturated rings. The van der Waals surface area contributed by atoms with Gasteiger partial charge < -0.3 is 14.6 Å². The molecule has 1 aromatic carbocycles. The second-order valence-electron chi connectivity index (χ2n) is 7.63. The average molecular weight is 439 g/mol. The SMILES string of the molecule is CCOC(=O)c1c(NC(=O)c2c(-c3ccccc3)noc2C)sc2c1CCCCCC2. The molecule has 0 spiro atoms. The van der Waals surface area contributed by atoms with Crippen molar-refractivity contribution in [3.8, 4) is 11.3 Å². The van der Waals surface area contributed by atoms with Crippen LogP contribution in [0.1, 0.15) is 69.5 Å². The van der Waals surface area contributed by atoms with Crippen LogP contribution >= 0.6 is 11.3 Å². The molecule has 0 saturated heterocycles.